The van der Waals surface area contributed by atoms with Crippen LogP contribution in [-0.4, -0.2) is 23.5 Å². The van der Waals surface area contributed by atoms with Gasteiger partial charge < -0.3 is 4.98 Å². The summed E-state index contributed by atoms with van der Waals surface area (Å²) >= 11 is 0. The highest BCUT2D eigenvalue weighted by Gasteiger charge is 2.39. The minimum absolute atomic E-state index is 0.0000396. The summed E-state index contributed by atoms with van der Waals surface area (Å²) in [5.41, 5.74) is -0.337. The van der Waals surface area contributed by atoms with Gasteiger partial charge in [0, 0.05) is 23.2 Å². The van der Waals surface area contributed by atoms with Gasteiger partial charge >= 0.3 is 6.03 Å². The Bertz CT molecular complexity index is 1180. The van der Waals surface area contributed by atoms with Gasteiger partial charge in [0.1, 0.15) is 18.2 Å². The number of carbonyl (C=O) groups excluding carboxylic acids is 2. The van der Waals surface area contributed by atoms with E-state index in [1.165, 1.54) is 12.1 Å². The van der Waals surface area contributed by atoms with E-state index in [0.717, 1.165) is 40.1 Å². The molecule has 0 aliphatic carbocycles. The van der Waals surface area contributed by atoms with E-state index >= 15 is 0 Å². The number of rotatable bonds is 2. The highest BCUT2D eigenvalue weighted by Crippen LogP contribution is 2.26. The quantitative estimate of drug-likeness (QED) is 0.702. The summed E-state index contributed by atoms with van der Waals surface area (Å²) in [6, 6.07) is 6.47. The molecule has 3 amide bonds. The van der Waals surface area contributed by atoms with Crippen LogP contribution in [0.4, 0.5) is 29.5 Å². The van der Waals surface area contributed by atoms with Crippen molar-refractivity contribution in [2.45, 2.75) is 0 Å². The van der Waals surface area contributed by atoms with Gasteiger partial charge in [-0.2, -0.15) is 0 Å². The van der Waals surface area contributed by atoms with E-state index in [1.807, 2.05) is 0 Å². The minimum atomic E-state index is -1.16. The first kappa shape index (κ1) is 16.8. The van der Waals surface area contributed by atoms with Crippen LogP contribution in [0, 0.1) is 17.5 Å². The molecule has 3 aromatic rings. The number of pyridine rings is 1. The van der Waals surface area contributed by atoms with Gasteiger partial charge in [0.05, 0.1) is 5.52 Å². The minimum Gasteiger partial charge on any atom is -0.340 e. The standard InChI is InChI=1S/C18H10F3N3O3/c19-9-1-4-14-11(5-9)15(25)7-16(22-14)24-17(26)8-23(18(24)27)10-2-3-12(20)13(21)6-10/h1-7H,8H2,(H,22,25). The van der Waals surface area contributed by atoms with Crippen molar-refractivity contribution in [3.8, 4) is 0 Å². The molecule has 9 heteroatoms. The first-order valence-electron chi connectivity index (χ1n) is 7.77. The number of nitrogens with one attached hydrogen (secondary N) is 1. The molecule has 136 valence electrons. The second-order valence-corrected chi connectivity index (χ2v) is 5.91. The molecular formula is C18H10F3N3O3. The summed E-state index contributed by atoms with van der Waals surface area (Å²) < 4.78 is 39.9. The summed E-state index contributed by atoms with van der Waals surface area (Å²) in [5, 5.41) is 0.0651. The maximum Gasteiger partial charge on any atom is 0.337 e. The Labute approximate surface area is 149 Å². The number of hydrogen-bond donors (Lipinski definition) is 1. The smallest absolute Gasteiger partial charge is 0.337 e. The number of carbonyl (C=O) groups is 2. The van der Waals surface area contributed by atoms with Crippen LogP contribution in [0.25, 0.3) is 10.9 Å². The number of urea groups is 1. The van der Waals surface area contributed by atoms with E-state index in [4.69, 9.17) is 0 Å². The Morgan fingerprint density at radius 3 is 2.41 bits per heavy atom. The fourth-order valence-electron chi connectivity index (χ4n) is 2.92. The zero-order chi connectivity index (χ0) is 19.3. The lowest BCUT2D eigenvalue weighted by atomic mass is 10.2. The molecule has 2 heterocycles. The number of halogens is 3. The predicted octanol–water partition coefficient (Wildman–Crippen LogP) is 2.92. The van der Waals surface area contributed by atoms with Crippen molar-refractivity contribution in [3.63, 3.8) is 0 Å². The molecule has 1 aliphatic rings. The van der Waals surface area contributed by atoms with Gasteiger partial charge in [0.15, 0.2) is 17.1 Å². The molecule has 1 fully saturated rings. The molecule has 0 unspecified atom stereocenters. The van der Waals surface area contributed by atoms with Crippen LogP contribution in [-0.2, 0) is 4.79 Å². The van der Waals surface area contributed by atoms with Crippen molar-refractivity contribution in [1.82, 2.24) is 4.98 Å². The van der Waals surface area contributed by atoms with Crippen LogP contribution in [0.3, 0.4) is 0 Å². The second kappa shape index (κ2) is 5.97. The fourth-order valence-corrected chi connectivity index (χ4v) is 2.92. The average Bonchev–Trinajstić information content (AvgIpc) is 2.92. The van der Waals surface area contributed by atoms with Gasteiger partial charge in [-0.25, -0.2) is 22.9 Å². The van der Waals surface area contributed by atoms with Crippen LogP contribution in [0.1, 0.15) is 0 Å². The Morgan fingerprint density at radius 2 is 1.67 bits per heavy atom. The second-order valence-electron chi connectivity index (χ2n) is 5.91. The molecule has 2 aromatic carbocycles. The zero-order valence-corrected chi connectivity index (χ0v) is 13.5. The lowest BCUT2D eigenvalue weighted by Gasteiger charge is -2.17. The topological polar surface area (TPSA) is 73.5 Å². The van der Waals surface area contributed by atoms with Crippen LogP contribution < -0.4 is 15.2 Å². The molecule has 1 saturated heterocycles. The van der Waals surface area contributed by atoms with Gasteiger partial charge in [0.2, 0.25) is 0 Å². The van der Waals surface area contributed by atoms with E-state index in [-0.39, 0.29) is 22.4 Å². The number of H-pyrrole nitrogens is 1. The molecule has 1 N–H and O–H groups in total. The van der Waals surface area contributed by atoms with Crippen molar-refractivity contribution in [2.24, 2.45) is 0 Å². The summed E-state index contributed by atoms with van der Waals surface area (Å²) in [5.74, 6) is -3.60. The third kappa shape index (κ3) is 2.73. The maximum atomic E-state index is 13.4. The molecule has 0 spiro atoms. The van der Waals surface area contributed by atoms with Gasteiger partial charge in [-0.1, -0.05) is 0 Å². The van der Waals surface area contributed by atoms with Crippen LogP contribution in [0.5, 0.6) is 0 Å². The number of fused-ring (bicyclic) bond motifs is 1. The maximum absolute atomic E-state index is 13.4. The number of benzene rings is 2. The lowest BCUT2D eigenvalue weighted by Crippen LogP contribution is -2.34. The number of hydrogen-bond acceptors (Lipinski definition) is 3. The number of aromatic nitrogens is 1. The normalized spacial score (nSPS) is 14.5. The van der Waals surface area contributed by atoms with E-state index in [1.54, 1.807) is 0 Å². The summed E-state index contributed by atoms with van der Waals surface area (Å²) in [6.45, 7) is -0.409. The molecule has 4 rings (SSSR count). The first-order valence-corrected chi connectivity index (χ1v) is 7.77. The molecule has 0 atom stereocenters. The van der Waals surface area contributed by atoms with Gasteiger partial charge in [-0.15, -0.1) is 0 Å². The van der Waals surface area contributed by atoms with E-state index in [2.05, 4.69) is 4.98 Å². The van der Waals surface area contributed by atoms with Gasteiger partial charge in [0.25, 0.3) is 5.91 Å². The Balaban J connectivity index is 1.76. The molecule has 0 saturated carbocycles. The number of anilines is 2. The molecule has 1 aromatic heterocycles. The predicted molar refractivity (Wildman–Crippen MR) is 91.1 cm³/mol. The van der Waals surface area contributed by atoms with Gasteiger partial charge in [-0.3, -0.25) is 14.5 Å². The number of imide groups is 1. The van der Waals surface area contributed by atoms with Crippen molar-refractivity contribution in [1.29, 1.82) is 0 Å². The van der Waals surface area contributed by atoms with Crippen LogP contribution in [0.15, 0.2) is 47.3 Å². The third-order valence-electron chi connectivity index (χ3n) is 4.20. The van der Waals surface area contributed by atoms with E-state index < -0.39 is 41.4 Å². The molecule has 0 radical (unpaired) electrons. The Kier molecular flexibility index (Phi) is 3.72. The van der Waals surface area contributed by atoms with E-state index in [0.29, 0.717) is 0 Å². The average molecular weight is 373 g/mol. The monoisotopic (exact) mass is 373 g/mol. The highest BCUT2D eigenvalue weighted by atomic mass is 19.2. The van der Waals surface area contributed by atoms with Crippen molar-refractivity contribution < 1.29 is 22.8 Å². The van der Waals surface area contributed by atoms with E-state index in [9.17, 15) is 27.6 Å². The largest absolute Gasteiger partial charge is 0.340 e. The van der Waals surface area contributed by atoms with Crippen molar-refractivity contribution in [3.05, 3.63) is 70.1 Å². The zero-order valence-electron chi connectivity index (χ0n) is 13.5. The molecular weight excluding hydrogens is 363 g/mol. The molecule has 1 aliphatic heterocycles. The summed E-state index contributed by atoms with van der Waals surface area (Å²) in [6.07, 6.45) is 0. The first-order chi connectivity index (χ1) is 12.8. The van der Waals surface area contributed by atoms with Gasteiger partial charge in [-0.05, 0) is 30.3 Å². The van der Waals surface area contributed by atoms with Crippen LogP contribution in [0.2, 0.25) is 0 Å². The Hall–Kier alpha value is -3.62. The summed E-state index contributed by atoms with van der Waals surface area (Å²) in [7, 11) is 0. The highest BCUT2D eigenvalue weighted by molar-refractivity contribution is 6.26. The fraction of sp³-hybridized carbons (Fsp3) is 0.0556. The molecule has 0 bridgehead atoms. The molecule has 27 heavy (non-hydrogen) atoms. The number of nitrogens with zero attached hydrogens (tertiary/aromatic N) is 2. The summed E-state index contributed by atoms with van der Waals surface area (Å²) in [4.78, 5) is 41.6. The molecule has 6 nitrogen and oxygen atoms in total. The van der Waals surface area contributed by atoms with Crippen LogP contribution >= 0.6 is 0 Å². The lowest BCUT2D eigenvalue weighted by molar-refractivity contribution is -0.115. The SMILES string of the molecule is O=C1CN(c2ccc(F)c(F)c2)C(=O)N1c1cc(=O)c2cc(F)ccc2[nH]1. The number of amides is 3. The van der Waals surface area contributed by atoms with Crippen molar-refractivity contribution >= 4 is 34.3 Å². The van der Waals surface area contributed by atoms with Crippen molar-refractivity contribution in [2.75, 3.05) is 16.3 Å². The number of aromatic amines is 1. The Morgan fingerprint density at radius 1 is 0.889 bits per heavy atom. The third-order valence-corrected chi connectivity index (χ3v) is 4.20.